The van der Waals surface area contributed by atoms with Gasteiger partial charge in [-0.15, -0.1) is 0 Å². The maximum atomic E-state index is 9.77. The van der Waals surface area contributed by atoms with Gasteiger partial charge in [-0.05, 0) is 42.2 Å². The Morgan fingerprint density at radius 1 is 1.25 bits per heavy atom. The first-order chi connectivity index (χ1) is 9.78. The molecule has 2 aromatic carbocycles. The van der Waals surface area contributed by atoms with Crippen molar-refractivity contribution >= 4 is 0 Å². The van der Waals surface area contributed by atoms with E-state index in [9.17, 15) is 5.11 Å². The van der Waals surface area contributed by atoms with Crippen molar-refractivity contribution in [3.05, 3.63) is 64.7 Å². The van der Waals surface area contributed by atoms with Crippen molar-refractivity contribution in [2.45, 2.75) is 25.6 Å². The summed E-state index contributed by atoms with van der Waals surface area (Å²) in [6.07, 6.45) is 1.34. The second kappa shape index (κ2) is 5.36. The molecule has 1 N–H and O–H groups in total. The number of aryl methyl sites for hydroxylation is 1. The molecule has 0 bridgehead atoms. The van der Waals surface area contributed by atoms with Gasteiger partial charge in [0.15, 0.2) is 0 Å². The Kier molecular flexibility index (Phi) is 3.41. The highest BCUT2D eigenvalue weighted by Crippen LogP contribution is 2.33. The zero-order valence-electron chi connectivity index (χ0n) is 11.0. The molecule has 0 fully saturated rings. The number of ether oxygens (including phenoxy) is 1. The fourth-order valence-electron chi connectivity index (χ4n) is 2.58. The van der Waals surface area contributed by atoms with Crippen molar-refractivity contribution in [2.75, 3.05) is 0 Å². The zero-order chi connectivity index (χ0) is 13.9. The van der Waals surface area contributed by atoms with Gasteiger partial charge in [0, 0.05) is 5.56 Å². The van der Waals surface area contributed by atoms with Gasteiger partial charge in [0.05, 0.1) is 17.7 Å². The molecule has 0 heterocycles. The van der Waals surface area contributed by atoms with Crippen molar-refractivity contribution in [1.29, 1.82) is 5.26 Å². The average molecular weight is 265 g/mol. The van der Waals surface area contributed by atoms with Crippen LogP contribution in [-0.2, 0) is 13.0 Å². The molecule has 1 atom stereocenters. The van der Waals surface area contributed by atoms with Crippen LogP contribution in [0, 0.1) is 11.3 Å². The Morgan fingerprint density at radius 2 is 2.10 bits per heavy atom. The summed E-state index contributed by atoms with van der Waals surface area (Å²) in [5, 5.41) is 18.8. The largest absolute Gasteiger partial charge is 0.489 e. The Morgan fingerprint density at radius 3 is 2.95 bits per heavy atom. The van der Waals surface area contributed by atoms with E-state index in [0.717, 1.165) is 35.3 Å². The van der Waals surface area contributed by atoms with E-state index in [1.165, 1.54) is 0 Å². The number of aliphatic hydroxyl groups is 1. The van der Waals surface area contributed by atoms with Gasteiger partial charge in [0.1, 0.15) is 12.4 Å². The molecule has 0 unspecified atom stereocenters. The van der Waals surface area contributed by atoms with Gasteiger partial charge in [-0.1, -0.05) is 24.3 Å². The van der Waals surface area contributed by atoms with Gasteiger partial charge < -0.3 is 9.84 Å². The van der Waals surface area contributed by atoms with Crippen molar-refractivity contribution < 1.29 is 9.84 Å². The minimum atomic E-state index is -0.335. The highest BCUT2D eigenvalue weighted by molar-refractivity contribution is 5.41. The van der Waals surface area contributed by atoms with Crippen LogP contribution in [0.2, 0.25) is 0 Å². The Labute approximate surface area is 118 Å². The molecule has 0 amide bonds. The monoisotopic (exact) mass is 265 g/mol. The van der Waals surface area contributed by atoms with Crippen LogP contribution in [0.15, 0.2) is 42.5 Å². The summed E-state index contributed by atoms with van der Waals surface area (Å²) in [6.45, 7) is 0.380. The molecule has 3 nitrogen and oxygen atoms in total. The van der Waals surface area contributed by atoms with Crippen molar-refractivity contribution in [2.24, 2.45) is 0 Å². The average Bonchev–Trinajstić information content (AvgIpc) is 2.86. The van der Waals surface area contributed by atoms with Gasteiger partial charge >= 0.3 is 0 Å². The smallest absolute Gasteiger partial charge is 0.120 e. The lowest BCUT2D eigenvalue weighted by molar-refractivity contribution is 0.180. The SMILES string of the molecule is N#Cc1ccccc1COc1ccc2c(c1)CC[C@@H]2O. The molecule has 3 heteroatoms. The maximum Gasteiger partial charge on any atom is 0.120 e. The van der Waals surface area contributed by atoms with Crippen LogP contribution in [0.5, 0.6) is 5.75 Å². The minimum Gasteiger partial charge on any atom is -0.489 e. The Balaban J connectivity index is 1.75. The number of rotatable bonds is 3. The molecular weight excluding hydrogens is 250 g/mol. The van der Waals surface area contributed by atoms with Gasteiger partial charge in [0.25, 0.3) is 0 Å². The highest BCUT2D eigenvalue weighted by atomic mass is 16.5. The number of hydrogen-bond donors (Lipinski definition) is 1. The van der Waals surface area contributed by atoms with E-state index in [2.05, 4.69) is 6.07 Å². The van der Waals surface area contributed by atoms with Crippen molar-refractivity contribution in [3.8, 4) is 11.8 Å². The third-order valence-corrected chi connectivity index (χ3v) is 3.69. The number of nitriles is 1. The molecule has 2 aromatic rings. The first-order valence-corrected chi connectivity index (χ1v) is 6.69. The second-order valence-corrected chi connectivity index (χ2v) is 4.97. The lowest BCUT2D eigenvalue weighted by Crippen LogP contribution is -1.99. The zero-order valence-corrected chi connectivity index (χ0v) is 11.0. The first kappa shape index (κ1) is 12.7. The van der Waals surface area contributed by atoms with E-state index in [4.69, 9.17) is 10.00 Å². The summed E-state index contributed by atoms with van der Waals surface area (Å²) in [7, 11) is 0. The summed E-state index contributed by atoms with van der Waals surface area (Å²) < 4.78 is 5.76. The quantitative estimate of drug-likeness (QED) is 0.927. The molecule has 20 heavy (non-hydrogen) atoms. The number of benzene rings is 2. The van der Waals surface area contributed by atoms with E-state index >= 15 is 0 Å². The van der Waals surface area contributed by atoms with Gasteiger partial charge in [-0.2, -0.15) is 5.26 Å². The van der Waals surface area contributed by atoms with Crippen LogP contribution in [0.25, 0.3) is 0 Å². The fourth-order valence-corrected chi connectivity index (χ4v) is 2.58. The normalized spacial score (nSPS) is 16.5. The summed E-state index contributed by atoms with van der Waals surface area (Å²) in [5.74, 6) is 0.783. The summed E-state index contributed by atoms with van der Waals surface area (Å²) >= 11 is 0. The molecule has 3 rings (SSSR count). The molecule has 0 aliphatic heterocycles. The number of fused-ring (bicyclic) bond motifs is 1. The predicted octanol–water partition coefficient (Wildman–Crippen LogP) is 3.12. The molecular formula is C17H15NO2. The van der Waals surface area contributed by atoms with Crippen LogP contribution in [-0.4, -0.2) is 5.11 Å². The van der Waals surface area contributed by atoms with E-state index in [-0.39, 0.29) is 6.10 Å². The Hall–Kier alpha value is -2.31. The first-order valence-electron chi connectivity index (χ1n) is 6.69. The van der Waals surface area contributed by atoms with Crippen molar-refractivity contribution in [1.82, 2.24) is 0 Å². The van der Waals surface area contributed by atoms with Crippen LogP contribution in [0.3, 0.4) is 0 Å². The summed E-state index contributed by atoms with van der Waals surface area (Å²) in [5.41, 5.74) is 3.69. The maximum absolute atomic E-state index is 9.77. The molecule has 0 spiro atoms. The molecule has 100 valence electrons. The van der Waals surface area contributed by atoms with Crippen LogP contribution in [0.4, 0.5) is 0 Å². The second-order valence-electron chi connectivity index (χ2n) is 4.97. The topological polar surface area (TPSA) is 53.2 Å². The minimum absolute atomic E-state index is 0.335. The van der Waals surface area contributed by atoms with Gasteiger partial charge in [-0.25, -0.2) is 0 Å². The van der Waals surface area contributed by atoms with E-state index < -0.39 is 0 Å². The standard InChI is InChI=1S/C17H15NO2/c18-10-13-3-1-2-4-14(13)11-20-15-6-7-16-12(9-15)5-8-17(16)19/h1-4,6-7,9,17,19H,5,8,11H2/t17-/m0/s1. The third kappa shape index (κ3) is 2.38. The van der Waals surface area contributed by atoms with E-state index in [0.29, 0.717) is 12.2 Å². The lowest BCUT2D eigenvalue weighted by Gasteiger charge is -2.10. The summed E-state index contributed by atoms with van der Waals surface area (Å²) in [4.78, 5) is 0. The number of hydrogen-bond acceptors (Lipinski definition) is 3. The number of nitrogens with zero attached hydrogens (tertiary/aromatic N) is 1. The van der Waals surface area contributed by atoms with Gasteiger partial charge in [-0.3, -0.25) is 0 Å². The van der Waals surface area contributed by atoms with Gasteiger partial charge in [0.2, 0.25) is 0 Å². The molecule has 0 saturated heterocycles. The van der Waals surface area contributed by atoms with Crippen molar-refractivity contribution in [3.63, 3.8) is 0 Å². The molecule has 0 aromatic heterocycles. The molecule has 1 aliphatic rings. The van der Waals surface area contributed by atoms with Crippen LogP contribution >= 0.6 is 0 Å². The molecule has 0 saturated carbocycles. The lowest BCUT2D eigenvalue weighted by atomic mass is 10.1. The third-order valence-electron chi connectivity index (χ3n) is 3.69. The highest BCUT2D eigenvalue weighted by Gasteiger charge is 2.20. The molecule has 1 aliphatic carbocycles. The van der Waals surface area contributed by atoms with E-state index in [1.54, 1.807) is 6.07 Å². The predicted molar refractivity (Wildman–Crippen MR) is 75.2 cm³/mol. The van der Waals surface area contributed by atoms with Crippen LogP contribution < -0.4 is 4.74 Å². The molecule has 0 radical (unpaired) electrons. The number of aliphatic hydroxyl groups excluding tert-OH is 1. The Bertz CT molecular complexity index is 673. The summed E-state index contributed by atoms with van der Waals surface area (Å²) in [6, 6.07) is 15.4. The van der Waals surface area contributed by atoms with Crippen LogP contribution in [0.1, 0.15) is 34.8 Å². The van der Waals surface area contributed by atoms with E-state index in [1.807, 2.05) is 36.4 Å². The fraction of sp³-hybridized carbons (Fsp3) is 0.235.